The first-order valence-corrected chi connectivity index (χ1v) is 10.8. The summed E-state index contributed by atoms with van der Waals surface area (Å²) < 4.78 is 89.3. The molecule has 190 valence electrons. The number of anilines is 1. The highest BCUT2D eigenvalue weighted by molar-refractivity contribution is 6.53. The van der Waals surface area contributed by atoms with Gasteiger partial charge in [-0.25, -0.2) is 8.78 Å². The summed E-state index contributed by atoms with van der Waals surface area (Å²) >= 11 is 18.2. The molecule has 1 aliphatic carbocycles. The molecule has 2 atom stereocenters. The molecular weight excluding hydrogens is 552 g/mol. The van der Waals surface area contributed by atoms with E-state index in [9.17, 15) is 40.3 Å². The number of carbonyl (C=O) groups is 2. The van der Waals surface area contributed by atoms with Crippen molar-refractivity contribution in [3.8, 4) is 0 Å². The Labute approximate surface area is 208 Å². The van der Waals surface area contributed by atoms with E-state index < -0.39 is 63.8 Å². The van der Waals surface area contributed by atoms with Gasteiger partial charge in [0.2, 0.25) is 5.91 Å². The quantitative estimate of drug-likeness (QED) is 0.316. The number of amides is 2. The van der Waals surface area contributed by atoms with Crippen molar-refractivity contribution in [2.24, 2.45) is 5.92 Å². The van der Waals surface area contributed by atoms with E-state index in [1.807, 2.05) is 0 Å². The van der Waals surface area contributed by atoms with Crippen LogP contribution in [0.1, 0.15) is 27.4 Å². The predicted octanol–water partition coefficient (Wildman–Crippen LogP) is 6.38. The largest absolute Gasteiger partial charge is 0.455 e. The minimum atomic E-state index is -5.92. The van der Waals surface area contributed by atoms with Gasteiger partial charge < -0.3 is 10.6 Å². The first kappa shape index (κ1) is 27.3. The van der Waals surface area contributed by atoms with Gasteiger partial charge in [0.05, 0.1) is 23.0 Å². The molecule has 2 amide bonds. The Balaban J connectivity index is 1.78. The Bertz CT molecular complexity index is 1190. The van der Waals surface area contributed by atoms with Gasteiger partial charge in [-0.3, -0.25) is 9.59 Å². The molecule has 14 heteroatoms. The lowest BCUT2D eigenvalue weighted by Crippen LogP contribution is -2.46. The van der Waals surface area contributed by atoms with Crippen LogP contribution in [0, 0.1) is 24.5 Å². The fourth-order valence-electron chi connectivity index (χ4n) is 3.39. The average molecular weight is 566 g/mol. The Morgan fingerprint density at radius 2 is 1.69 bits per heavy atom. The maximum Gasteiger partial charge on any atom is 0.455 e. The molecule has 1 saturated carbocycles. The van der Waals surface area contributed by atoms with E-state index in [4.69, 9.17) is 34.8 Å². The number of aryl methyl sites for hydroxylation is 1. The van der Waals surface area contributed by atoms with E-state index in [0.717, 1.165) is 18.2 Å². The summed E-state index contributed by atoms with van der Waals surface area (Å²) in [6.07, 6.45) is -5.92. The van der Waals surface area contributed by atoms with Gasteiger partial charge >= 0.3 is 12.1 Å². The van der Waals surface area contributed by atoms with Gasteiger partial charge in [-0.15, -0.1) is 23.2 Å². The number of rotatable bonds is 6. The molecule has 4 nitrogen and oxygen atoms in total. The summed E-state index contributed by atoms with van der Waals surface area (Å²) in [4.78, 5) is 24.9. The Morgan fingerprint density at radius 3 is 2.26 bits per heavy atom. The summed E-state index contributed by atoms with van der Waals surface area (Å²) in [6.45, 7) is -0.935. The molecule has 0 radical (unpaired) electrons. The van der Waals surface area contributed by atoms with Gasteiger partial charge in [0.25, 0.3) is 5.91 Å². The maximum atomic E-state index is 14.4. The zero-order valence-corrected chi connectivity index (χ0v) is 19.6. The summed E-state index contributed by atoms with van der Waals surface area (Å²) in [7, 11) is 0. The van der Waals surface area contributed by atoms with Crippen LogP contribution in [-0.2, 0) is 4.79 Å². The molecule has 0 spiro atoms. The van der Waals surface area contributed by atoms with E-state index in [-0.39, 0.29) is 16.3 Å². The van der Waals surface area contributed by atoms with E-state index >= 15 is 0 Å². The predicted molar refractivity (Wildman–Crippen MR) is 115 cm³/mol. The number of hydrogen-bond donors (Lipinski definition) is 2. The smallest absolute Gasteiger partial charge is 0.346 e. The van der Waals surface area contributed by atoms with Gasteiger partial charge in [-0.2, -0.15) is 22.0 Å². The Hall–Kier alpha value is -2.24. The average Bonchev–Trinajstić information content (AvgIpc) is 3.32. The summed E-state index contributed by atoms with van der Waals surface area (Å²) in [6, 6.07) is 5.50. The normalized spacial score (nSPS) is 19.3. The molecule has 0 saturated heterocycles. The highest BCUT2D eigenvalue weighted by Gasteiger charge is 2.67. The second kappa shape index (κ2) is 9.33. The number of alkyl halides is 7. The van der Waals surface area contributed by atoms with E-state index in [1.165, 1.54) is 24.4 Å². The minimum Gasteiger partial charge on any atom is -0.346 e. The molecule has 1 fully saturated rings. The molecule has 3 rings (SSSR count). The van der Waals surface area contributed by atoms with Crippen molar-refractivity contribution < 1.29 is 40.3 Å². The third kappa shape index (κ3) is 5.46. The highest BCUT2D eigenvalue weighted by atomic mass is 35.5. The number of hydrogen-bond acceptors (Lipinski definition) is 2. The lowest BCUT2D eigenvalue weighted by molar-refractivity contribution is -0.278. The van der Waals surface area contributed by atoms with Gasteiger partial charge in [0.15, 0.2) is 0 Å². The molecule has 0 aliphatic heterocycles. The van der Waals surface area contributed by atoms with Crippen molar-refractivity contribution in [2.75, 3.05) is 11.9 Å². The molecular formula is C21H14Cl3F7N2O2. The first-order valence-electron chi connectivity index (χ1n) is 9.64. The monoisotopic (exact) mass is 564 g/mol. The van der Waals surface area contributed by atoms with Crippen LogP contribution in [0.2, 0.25) is 5.02 Å². The molecule has 2 aromatic carbocycles. The first-order chi connectivity index (χ1) is 16.0. The highest BCUT2D eigenvalue weighted by Crippen LogP contribution is 2.65. The van der Waals surface area contributed by atoms with Crippen LogP contribution in [0.15, 0.2) is 30.3 Å². The maximum absolute atomic E-state index is 14.4. The van der Waals surface area contributed by atoms with Crippen LogP contribution in [0.3, 0.4) is 0 Å². The number of nitrogens with one attached hydrogen (secondary N) is 2. The molecule has 0 aromatic heterocycles. The van der Waals surface area contributed by atoms with Crippen LogP contribution >= 0.6 is 34.8 Å². The van der Waals surface area contributed by atoms with Crippen molar-refractivity contribution >= 4 is 52.3 Å². The minimum absolute atomic E-state index is 0.173. The molecule has 0 heterocycles. The fourth-order valence-corrected chi connectivity index (χ4v) is 4.40. The van der Waals surface area contributed by atoms with Crippen molar-refractivity contribution in [1.29, 1.82) is 0 Å². The standard InChI is InChI=1S/C21H14Cl3F7N2O2/c1-8-4-10(6-11(16(8)26)17(34)32-7-19(27,28)21(29,30)31)33-18(35)15-14(20(15,23)24)9-2-3-13(25)12(22)5-9/h2-6,14-15H,7H2,1H3,(H,32,34)(H,33,35)/t14-,15+/m0/s1. The van der Waals surface area contributed by atoms with E-state index in [1.54, 1.807) is 0 Å². The van der Waals surface area contributed by atoms with Crippen molar-refractivity contribution in [1.82, 2.24) is 5.32 Å². The molecule has 0 bridgehead atoms. The summed E-state index contributed by atoms with van der Waals surface area (Å²) in [5.41, 5.74) is -0.897. The summed E-state index contributed by atoms with van der Waals surface area (Å²) in [5.74, 6) is -11.3. The number of carbonyl (C=O) groups excluding carboxylic acids is 2. The van der Waals surface area contributed by atoms with Crippen LogP contribution in [0.5, 0.6) is 0 Å². The van der Waals surface area contributed by atoms with Crippen LogP contribution in [-0.4, -0.2) is 34.8 Å². The number of halogens is 10. The van der Waals surface area contributed by atoms with Crippen molar-refractivity contribution in [2.45, 2.75) is 29.3 Å². The van der Waals surface area contributed by atoms with Gasteiger partial charge in [-0.1, -0.05) is 17.7 Å². The third-order valence-electron chi connectivity index (χ3n) is 5.29. The van der Waals surface area contributed by atoms with Crippen LogP contribution in [0.25, 0.3) is 0 Å². The molecule has 35 heavy (non-hydrogen) atoms. The van der Waals surface area contributed by atoms with E-state index in [0.29, 0.717) is 5.56 Å². The van der Waals surface area contributed by atoms with Crippen LogP contribution in [0.4, 0.5) is 36.4 Å². The zero-order valence-electron chi connectivity index (χ0n) is 17.3. The fraction of sp³-hybridized carbons (Fsp3) is 0.333. The second-order valence-electron chi connectivity index (χ2n) is 7.83. The van der Waals surface area contributed by atoms with Gasteiger partial charge in [0, 0.05) is 11.6 Å². The summed E-state index contributed by atoms with van der Waals surface area (Å²) in [5, 5.41) is 3.47. The van der Waals surface area contributed by atoms with Crippen LogP contribution < -0.4 is 10.6 Å². The van der Waals surface area contributed by atoms with Gasteiger partial charge in [0.1, 0.15) is 16.0 Å². The molecule has 0 unspecified atom stereocenters. The molecule has 2 aromatic rings. The Morgan fingerprint density at radius 1 is 1.06 bits per heavy atom. The van der Waals surface area contributed by atoms with Crippen molar-refractivity contribution in [3.63, 3.8) is 0 Å². The topological polar surface area (TPSA) is 58.2 Å². The van der Waals surface area contributed by atoms with Crippen molar-refractivity contribution in [3.05, 3.63) is 63.7 Å². The third-order valence-corrected chi connectivity index (χ3v) is 6.52. The molecule has 1 aliphatic rings. The van der Waals surface area contributed by atoms with E-state index in [2.05, 4.69) is 5.32 Å². The van der Waals surface area contributed by atoms with Gasteiger partial charge in [-0.05, 0) is 42.3 Å². The zero-order chi connectivity index (χ0) is 26.5. The SMILES string of the molecule is Cc1cc(NC(=O)[C@H]2[C@H](c3ccc(F)c(Cl)c3)C2(Cl)Cl)cc(C(=O)NCC(F)(F)C(F)(F)F)c1F. The lowest BCUT2D eigenvalue weighted by atomic mass is 10.1. The number of benzene rings is 2. The second-order valence-corrected chi connectivity index (χ2v) is 9.68. The molecule has 2 N–H and O–H groups in total. The Kier molecular flexibility index (Phi) is 7.29. The lowest BCUT2D eigenvalue weighted by Gasteiger charge is -2.20.